The van der Waals surface area contributed by atoms with E-state index < -0.39 is 11.6 Å². The van der Waals surface area contributed by atoms with E-state index >= 15 is 0 Å². The Morgan fingerprint density at radius 2 is 1.88 bits per heavy atom. The van der Waals surface area contributed by atoms with Gasteiger partial charge in [-0.1, -0.05) is 18.2 Å². The fraction of sp³-hybridized carbons (Fsp3) is 0.105. The number of aryl methyl sites for hydroxylation is 1. The van der Waals surface area contributed by atoms with Crippen LogP contribution in [0.2, 0.25) is 0 Å². The Bertz CT molecular complexity index is 1130. The van der Waals surface area contributed by atoms with Crippen LogP contribution in [0.1, 0.15) is 6.92 Å². The second-order valence-corrected chi connectivity index (χ2v) is 5.82. The number of nitrogens with two attached hydrogens (primary N) is 1. The van der Waals surface area contributed by atoms with Gasteiger partial charge in [0.1, 0.15) is 11.6 Å². The van der Waals surface area contributed by atoms with Crippen molar-refractivity contribution in [3.63, 3.8) is 0 Å². The molecule has 0 aliphatic rings. The maximum absolute atomic E-state index is 14.6. The zero-order valence-electron chi connectivity index (χ0n) is 13.4. The lowest BCUT2D eigenvalue weighted by Gasteiger charge is -2.11. The molecule has 0 fully saturated rings. The van der Waals surface area contributed by atoms with Crippen LogP contribution in [-0.2, 0) is 6.54 Å². The average molecular weight is 339 g/mol. The van der Waals surface area contributed by atoms with Gasteiger partial charge in [0.05, 0.1) is 22.1 Å². The third kappa shape index (κ3) is 2.14. The number of hydrogen-bond donors (Lipinski definition) is 2. The highest BCUT2D eigenvalue weighted by molar-refractivity contribution is 6.12. The van der Waals surface area contributed by atoms with Crippen molar-refractivity contribution in [2.45, 2.75) is 13.5 Å². The average Bonchev–Trinajstić information content (AvgIpc) is 2.92. The summed E-state index contributed by atoms with van der Waals surface area (Å²) >= 11 is 0. The van der Waals surface area contributed by atoms with Crippen molar-refractivity contribution in [2.24, 2.45) is 0 Å². The number of pyridine rings is 1. The zero-order chi connectivity index (χ0) is 17.7. The quantitative estimate of drug-likeness (QED) is 0.567. The molecule has 25 heavy (non-hydrogen) atoms. The van der Waals surface area contributed by atoms with Crippen molar-refractivity contribution in [3.05, 3.63) is 54.2 Å². The van der Waals surface area contributed by atoms with Crippen molar-refractivity contribution in [3.8, 4) is 17.0 Å². The molecule has 0 unspecified atom stereocenters. The Morgan fingerprint density at radius 1 is 1.12 bits per heavy atom. The maximum Gasteiger partial charge on any atom is 0.202 e. The number of aromatic nitrogens is 2. The van der Waals surface area contributed by atoms with E-state index in [1.54, 1.807) is 22.9 Å². The van der Waals surface area contributed by atoms with Crippen LogP contribution < -0.4 is 5.73 Å². The van der Waals surface area contributed by atoms with Crippen LogP contribution in [0.5, 0.6) is 5.88 Å². The third-order valence-electron chi connectivity index (χ3n) is 4.43. The lowest BCUT2D eigenvalue weighted by atomic mass is 9.99. The van der Waals surface area contributed by atoms with Gasteiger partial charge >= 0.3 is 0 Å². The molecular formula is C19H15F2N3O. The van der Waals surface area contributed by atoms with Crippen LogP contribution in [0.4, 0.5) is 14.5 Å². The van der Waals surface area contributed by atoms with Crippen molar-refractivity contribution in [2.75, 3.05) is 5.73 Å². The first-order valence-electron chi connectivity index (χ1n) is 7.87. The molecule has 2 aromatic heterocycles. The molecule has 126 valence electrons. The molecule has 2 aromatic carbocycles. The second kappa shape index (κ2) is 5.44. The van der Waals surface area contributed by atoms with E-state index in [9.17, 15) is 13.9 Å². The number of nitrogen functional groups attached to an aromatic ring is 1. The lowest BCUT2D eigenvalue weighted by molar-refractivity contribution is 0.427. The van der Waals surface area contributed by atoms with E-state index in [1.807, 2.05) is 6.92 Å². The largest absolute Gasteiger partial charge is 0.494 e. The Hall–Kier alpha value is -3.15. The van der Waals surface area contributed by atoms with Gasteiger partial charge in [0.15, 0.2) is 0 Å². The molecule has 2 heterocycles. The van der Waals surface area contributed by atoms with Crippen LogP contribution >= 0.6 is 0 Å². The molecule has 0 saturated carbocycles. The van der Waals surface area contributed by atoms with Crippen LogP contribution in [0.3, 0.4) is 0 Å². The Kier molecular flexibility index (Phi) is 3.35. The van der Waals surface area contributed by atoms with Crippen LogP contribution in [0, 0.1) is 11.6 Å². The molecule has 0 atom stereocenters. The first kappa shape index (κ1) is 15.4. The summed E-state index contributed by atoms with van der Waals surface area (Å²) in [5.41, 5.74) is 7.41. The fourth-order valence-electron chi connectivity index (χ4n) is 3.19. The molecule has 3 N–H and O–H groups in total. The van der Waals surface area contributed by atoms with Crippen molar-refractivity contribution in [1.29, 1.82) is 0 Å². The Morgan fingerprint density at radius 3 is 2.60 bits per heavy atom. The molecule has 0 radical (unpaired) electrons. The highest BCUT2D eigenvalue weighted by Gasteiger charge is 2.20. The topological polar surface area (TPSA) is 64.1 Å². The van der Waals surface area contributed by atoms with E-state index in [-0.39, 0.29) is 22.5 Å². The zero-order valence-corrected chi connectivity index (χ0v) is 13.4. The molecule has 0 spiro atoms. The normalized spacial score (nSPS) is 11.5. The number of halogens is 2. The molecule has 6 heteroatoms. The van der Waals surface area contributed by atoms with Gasteiger partial charge in [0.25, 0.3) is 0 Å². The number of nitrogens with zero attached hydrogens (tertiary/aromatic N) is 2. The predicted molar refractivity (Wildman–Crippen MR) is 94.3 cm³/mol. The minimum atomic E-state index is -0.581. The van der Waals surface area contributed by atoms with E-state index in [4.69, 9.17) is 5.73 Å². The van der Waals surface area contributed by atoms with E-state index in [1.165, 1.54) is 24.3 Å². The maximum atomic E-state index is 14.6. The first-order chi connectivity index (χ1) is 12.0. The number of fused-ring (bicyclic) bond motifs is 2. The summed E-state index contributed by atoms with van der Waals surface area (Å²) in [7, 11) is 0. The Balaban J connectivity index is 2.18. The van der Waals surface area contributed by atoms with E-state index in [0.29, 0.717) is 28.5 Å². The molecule has 4 nitrogen and oxygen atoms in total. The van der Waals surface area contributed by atoms with Crippen molar-refractivity contribution in [1.82, 2.24) is 9.55 Å². The molecular weight excluding hydrogens is 324 g/mol. The van der Waals surface area contributed by atoms with Gasteiger partial charge in [-0.25, -0.2) is 13.8 Å². The molecule has 4 aromatic rings. The van der Waals surface area contributed by atoms with E-state index in [2.05, 4.69) is 4.98 Å². The molecule has 4 rings (SSSR count). The predicted octanol–water partition coefficient (Wildman–Crippen LogP) is 4.44. The number of hydrogen-bond acceptors (Lipinski definition) is 3. The highest BCUT2D eigenvalue weighted by atomic mass is 19.1. The van der Waals surface area contributed by atoms with Gasteiger partial charge in [0.2, 0.25) is 5.88 Å². The number of anilines is 1. The van der Waals surface area contributed by atoms with E-state index in [0.717, 1.165) is 0 Å². The highest BCUT2D eigenvalue weighted by Crippen LogP contribution is 2.40. The van der Waals surface area contributed by atoms with Gasteiger partial charge in [-0.3, -0.25) is 0 Å². The summed E-state index contributed by atoms with van der Waals surface area (Å²) in [4.78, 5) is 4.48. The van der Waals surface area contributed by atoms with Crippen LogP contribution in [0.15, 0.2) is 42.6 Å². The number of benzene rings is 2. The molecule has 0 aliphatic heterocycles. The van der Waals surface area contributed by atoms with Gasteiger partial charge < -0.3 is 15.4 Å². The molecule has 0 aliphatic carbocycles. The number of aromatic hydroxyl groups is 1. The van der Waals surface area contributed by atoms with Crippen molar-refractivity contribution >= 4 is 27.5 Å². The lowest BCUT2D eigenvalue weighted by Crippen LogP contribution is -1.96. The van der Waals surface area contributed by atoms with Crippen LogP contribution in [0.25, 0.3) is 32.9 Å². The summed E-state index contributed by atoms with van der Waals surface area (Å²) in [5.74, 6) is -1.10. The van der Waals surface area contributed by atoms with Gasteiger partial charge in [0, 0.05) is 29.3 Å². The fourth-order valence-corrected chi connectivity index (χ4v) is 3.19. The number of rotatable bonds is 2. The summed E-state index contributed by atoms with van der Waals surface area (Å²) in [6.07, 6.45) is 1.65. The van der Waals surface area contributed by atoms with Crippen molar-refractivity contribution < 1.29 is 13.9 Å². The van der Waals surface area contributed by atoms with Crippen LogP contribution in [-0.4, -0.2) is 14.7 Å². The Labute approximate surface area is 142 Å². The summed E-state index contributed by atoms with van der Waals surface area (Å²) in [6.45, 7) is 2.41. The minimum absolute atomic E-state index is 0.0150. The molecule has 0 amide bonds. The standard InChI is InChI=1S/C19H15F2N3O/c1-2-24-9-14-16(19(24)25)17(22)11-7-8-13(21)15(18(11)23-14)10-5-3-4-6-12(10)20/h3-9,25H,2,22H2,1H3. The summed E-state index contributed by atoms with van der Waals surface area (Å²) in [5, 5.41) is 11.2. The van der Waals surface area contributed by atoms with Gasteiger partial charge in [-0.15, -0.1) is 0 Å². The minimum Gasteiger partial charge on any atom is -0.494 e. The smallest absolute Gasteiger partial charge is 0.202 e. The second-order valence-electron chi connectivity index (χ2n) is 5.82. The third-order valence-corrected chi connectivity index (χ3v) is 4.43. The molecule has 0 bridgehead atoms. The van der Waals surface area contributed by atoms with Gasteiger partial charge in [-0.2, -0.15) is 0 Å². The monoisotopic (exact) mass is 339 g/mol. The first-order valence-corrected chi connectivity index (χ1v) is 7.87. The van der Waals surface area contributed by atoms with Gasteiger partial charge in [-0.05, 0) is 25.1 Å². The molecule has 0 saturated heterocycles. The summed E-state index contributed by atoms with van der Waals surface area (Å²) in [6, 6.07) is 8.69. The SMILES string of the molecule is CCn1cc2nc3c(-c4ccccc4F)c(F)ccc3c(N)c2c1O. The summed E-state index contributed by atoms with van der Waals surface area (Å²) < 4.78 is 30.4.